The lowest BCUT2D eigenvalue weighted by Gasteiger charge is -2.26. The zero-order valence-electron chi connectivity index (χ0n) is 17.9. The van der Waals surface area contributed by atoms with Crippen molar-refractivity contribution in [3.63, 3.8) is 0 Å². The summed E-state index contributed by atoms with van der Waals surface area (Å²) in [6, 6.07) is -0.0936. The summed E-state index contributed by atoms with van der Waals surface area (Å²) in [5.74, 6) is 0.541. The van der Waals surface area contributed by atoms with Crippen molar-refractivity contribution in [1.82, 2.24) is 10.6 Å². The highest BCUT2D eigenvalue weighted by molar-refractivity contribution is 7.17. The van der Waals surface area contributed by atoms with Gasteiger partial charge in [0, 0.05) is 23.4 Å². The number of fused-ring (bicyclic) bond motifs is 1. The maximum absolute atomic E-state index is 13.0. The van der Waals surface area contributed by atoms with Crippen LogP contribution in [0.1, 0.15) is 73.7 Å². The van der Waals surface area contributed by atoms with Gasteiger partial charge in [0.15, 0.2) is 0 Å². The largest absolute Gasteiger partial charge is 0.444 e. The molecule has 1 heterocycles. The first kappa shape index (κ1) is 21.2. The number of rotatable bonds is 6. The number of alkyl carbamates (subject to hydrolysis) is 1. The number of carbonyl (C=O) groups is 3. The highest BCUT2D eigenvalue weighted by Crippen LogP contribution is 2.40. The van der Waals surface area contributed by atoms with E-state index in [1.165, 1.54) is 11.3 Å². The standard InChI is InChI=1S/C22H31N3O4S/c1-22(2,3)29-21(28)24-14-8-9-16-15(10-14)17(19(27)23-11-12-4-5-12)20(30-16)25-18(26)13-6-7-13/h12-14H,4-11H2,1-3H3,(H,23,27)(H,24,28)(H,25,26). The van der Waals surface area contributed by atoms with E-state index < -0.39 is 11.7 Å². The van der Waals surface area contributed by atoms with E-state index >= 15 is 0 Å². The maximum atomic E-state index is 13.0. The second kappa shape index (κ2) is 8.21. The van der Waals surface area contributed by atoms with Gasteiger partial charge in [0.25, 0.3) is 5.91 Å². The van der Waals surface area contributed by atoms with Gasteiger partial charge in [-0.05, 0) is 77.2 Å². The van der Waals surface area contributed by atoms with E-state index in [0.29, 0.717) is 29.4 Å². The molecule has 0 radical (unpaired) electrons. The van der Waals surface area contributed by atoms with E-state index in [-0.39, 0.29) is 23.8 Å². The molecule has 1 aromatic rings. The highest BCUT2D eigenvalue weighted by Gasteiger charge is 2.34. The molecule has 30 heavy (non-hydrogen) atoms. The fourth-order valence-electron chi connectivity index (χ4n) is 3.72. The third-order valence-electron chi connectivity index (χ3n) is 5.64. The first-order valence-corrected chi connectivity index (χ1v) is 11.7. The van der Waals surface area contributed by atoms with Gasteiger partial charge in [-0.2, -0.15) is 0 Å². The van der Waals surface area contributed by atoms with Gasteiger partial charge in [0.05, 0.1) is 5.56 Å². The molecule has 164 valence electrons. The van der Waals surface area contributed by atoms with E-state index in [0.717, 1.165) is 49.0 Å². The van der Waals surface area contributed by atoms with Gasteiger partial charge in [-0.15, -0.1) is 11.3 Å². The zero-order chi connectivity index (χ0) is 21.5. The van der Waals surface area contributed by atoms with E-state index in [1.54, 1.807) is 0 Å². The summed E-state index contributed by atoms with van der Waals surface area (Å²) in [6.45, 7) is 6.18. The molecule has 0 saturated heterocycles. The van der Waals surface area contributed by atoms with Crippen molar-refractivity contribution in [3.8, 4) is 0 Å². The van der Waals surface area contributed by atoms with E-state index in [2.05, 4.69) is 16.0 Å². The lowest BCUT2D eigenvalue weighted by atomic mass is 9.91. The van der Waals surface area contributed by atoms with Crippen LogP contribution in [0.5, 0.6) is 0 Å². The van der Waals surface area contributed by atoms with Crippen LogP contribution in [0.25, 0.3) is 0 Å². The molecule has 3 aliphatic rings. The second-order valence-corrected chi connectivity index (χ2v) is 10.8. The minimum absolute atomic E-state index is 0.00766. The van der Waals surface area contributed by atoms with Crippen LogP contribution in [0.15, 0.2) is 0 Å². The van der Waals surface area contributed by atoms with E-state index in [1.807, 2.05) is 20.8 Å². The van der Waals surface area contributed by atoms with E-state index in [9.17, 15) is 14.4 Å². The number of aryl methyl sites for hydroxylation is 1. The highest BCUT2D eigenvalue weighted by atomic mass is 32.1. The Bertz CT molecular complexity index is 849. The number of ether oxygens (including phenoxy) is 1. The van der Waals surface area contributed by atoms with Crippen LogP contribution in [0.4, 0.5) is 9.80 Å². The zero-order valence-corrected chi connectivity index (χ0v) is 18.7. The summed E-state index contributed by atoms with van der Waals surface area (Å²) >= 11 is 1.51. The Morgan fingerprint density at radius 2 is 1.83 bits per heavy atom. The molecule has 8 heteroatoms. The van der Waals surface area contributed by atoms with Crippen molar-refractivity contribution in [2.75, 3.05) is 11.9 Å². The number of hydrogen-bond acceptors (Lipinski definition) is 5. The Morgan fingerprint density at radius 1 is 1.10 bits per heavy atom. The van der Waals surface area contributed by atoms with Gasteiger partial charge in [-0.1, -0.05) is 0 Å². The summed E-state index contributed by atoms with van der Waals surface area (Å²) in [5, 5.41) is 9.65. The number of anilines is 1. The number of carbonyl (C=O) groups excluding carboxylic acids is 3. The third kappa shape index (κ3) is 5.33. The van der Waals surface area contributed by atoms with Crippen LogP contribution in [-0.2, 0) is 22.4 Å². The van der Waals surface area contributed by atoms with Gasteiger partial charge >= 0.3 is 6.09 Å². The maximum Gasteiger partial charge on any atom is 0.407 e. The Hall–Kier alpha value is -2.09. The van der Waals surface area contributed by atoms with Gasteiger partial charge in [-0.3, -0.25) is 9.59 Å². The van der Waals surface area contributed by atoms with Crippen LogP contribution in [0, 0.1) is 11.8 Å². The Balaban J connectivity index is 1.51. The fraction of sp³-hybridized carbons (Fsp3) is 0.682. The molecule has 1 unspecified atom stereocenters. The van der Waals surface area contributed by atoms with Crippen LogP contribution in [0.2, 0.25) is 0 Å². The molecule has 7 nitrogen and oxygen atoms in total. The lowest BCUT2D eigenvalue weighted by molar-refractivity contribution is -0.117. The molecule has 0 spiro atoms. The molecule has 1 atom stereocenters. The Morgan fingerprint density at radius 3 is 2.47 bits per heavy atom. The predicted molar refractivity (Wildman–Crippen MR) is 116 cm³/mol. The molecule has 0 aliphatic heterocycles. The molecular weight excluding hydrogens is 402 g/mol. The summed E-state index contributed by atoms with van der Waals surface area (Å²) in [4.78, 5) is 38.8. The molecule has 3 N–H and O–H groups in total. The molecular formula is C22H31N3O4S. The van der Waals surface area contributed by atoms with E-state index in [4.69, 9.17) is 4.74 Å². The van der Waals surface area contributed by atoms with Gasteiger partial charge in [-0.25, -0.2) is 4.79 Å². The third-order valence-corrected chi connectivity index (χ3v) is 6.85. The van der Waals surface area contributed by atoms with Crippen molar-refractivity contribution in [2.45, 2.75) is 77.4 Å². The minimum Gasteiger partial charge on any atom is -0.444 e. The monoisotopic (exact) mass is 433 g/mol. The fourth-order valence-corrected chi connectivity index (χ4v) is 4.96. The lowest BCUT2D eigenvalue weighted by Crippen LogP contribution is -2.42. The Labute approximate surface area is 181 Å². The van der Waals surface area contributed by atoms with Crippen molar-refractivity contribution in [3.05, 3.63) is 16.0 Å². The minimum atomic E-state index is -0.555. The van der Waals surface area contributed by atoms with Crippen molar-refractivity contribution < 1.29 is 19.1 Å². The Kier molecular flexibility index (Phi) is 5.79. The van der Waals surface area contributed by atoms with Crippen LogP contribution >= 0.6 is 11.3 Å². The van der Waals surface area contributed by atoms with Crippen molar-refractivity contribution in [1.29, 1.82) is 0 Å². The summed E-state index contributed by atoms with van der Waals surface area (Å²) in [7, 11) is 0. The van der Waals surface area contributed by atoms with Gasteiger partial charge < -0.3 is 20.7 Å². The van der Waals surface area contributed by atoms with Crippen LogP contribution in [0.3, 0.4) is 0 Å². The SMILES string of the molecule is CC(C)(C)OC(=O)NC1CCc2sc(NC(=O)C3CC3)c(C(=O)NCC3CC3)c2C1. The normalized spacial score (nSPS) is 20.8. The summed E-state index contributed by atoms with van der Waals surface area (Å²) < 4.78 is 5.39. The first-order chi connectivity index (χ1) is 14.2. The smallest absolute Gasteiger partial charge is 0.407 e. The van der Waals surface area contributed by atoms with Crippen LogP contribution in [-0.4, -0.2) is 36.1 Å². The molecule has 3 amide bonds. The van der Waals surface area contributed by atoms with Gasteiger partial charge in [0.1, 0.15) is 10.6 Å². The number of hydrogen-bond donors (Lipinski definition) is 3. The average molecular weight is 434 g/mol. The molecule has 0 bridgehead atoms. The summed E-state index contributed by atoms with van der Waals surface area (Å²) in [6.07, 6.45) is 5.84. The molecule has 2 saturated carbocycles. The van der Waals surface area contributed by atoms with Crippen LogP contribution < -0.4 is 16.0 Å². The summed E-state index contributed by atoms with van der Waals surface area (Å²) in [5.41, 5.74) is 0.979. The van der Waals surface area contributed by atoms with Crippen molar-refractivity contribution in [2.24, 2.45) is 11.8 Å². The average Bonchev–Trinajstić information content (AvgIpc) is 3.55. The quantitative estimate of drug-likeness (QED) is 0.638. The van der Waals surface area contributed by atoms with Crippen molar-refractivity contribution >= 4 is 34.2 Å². The topological polar surface area (TPSA) is 96.5 Å². The number of nitrogens with one attached hydrogen (secondary N) is 3. The molecule has 1 aromatic heterocycles. The molecule has 0 aromatic carbocycles. The number of amides is 3. The predicted octanol–water partition coefficient (Wildman–Crippen LogP) is 3.62. The molecule has 2 fully saturated rings. The molecule has 4 rings (SSSR count). The first-order valence-electron chi connectivity index (χ1n) is 10.9. The molecule has 3 aliphatic carbocycles. The van der Waals surface area contributed by atoms with Gasteiger partial charge in [0.2, 0.25) is 5.91 Å². The number of thiophene rings is 1. The second-order valence-electron chi connectivity index (χ2n) is 9.71.